The molecule has 1 aliphatic heterocycles. The van der Waals surface area contributed by atoms with E-state index in [0.717, 1.165) is 48.2 Å². The predicted molar refractivity (Wildman–Crippen MR) is 99.8 cm³/mol. The van der Waals surface area contributed by atoms with Crippen molar-refractivity contribution in [2.24, 2.45) is 0 Å². The molecule has 0 atom stereocenters. The van der Waals surface area contributed by atoms with Crippen molar-refractivity contribution in [1.82, 2.24) is 30.9 Å². The number of nitrogens with one attached hydrogen (secondary N) is 3. The van der Waals surface area contributed by atoms with Crippen LogP contribution in [0.3, 0.4) is 0 Å². The van der Waals surface area contributed by atoms with Gasteiger partial charge in [0.25, 0.3) is 0 Å². The van der Waals surface area contributed by atoms with Crippen molar-refractivity contribution in [2.45, 2.75) is 18.9 Å². The Hall–Kier alpha value is -2.58. The minimum Gasteiger partial charge on any atom is -0.366 e. The number of hydrogen-bond acceptors (Lipinski definition) is 7. The van der Waals surface area contributed by atoms with Gasteiger partial charge in [0.15, 0.2) is 5.82 Å². The molecule has 5 rings (SSSR count). The van der Waals surface area contributed by atoms with Gasteiger partial charge in [0.1, 0.15) is 5.82 Å². The van der Waals surface area contributed by atoms with Gasteiger partial charge >= 0.3 is 0 Å². The number of hydrogen-bond donors (Lipinski definition) is 3. The smallest absolute Gasteiger partial charge is 0.179 e. The Kier molecular flexibility index (Phi) is 3.57. The van der Waals surface area contributed by atoms with Gasteiger partial charge < -0.3 is 10.6 Å². The summed E-state index contributed by atoms with van der Waals surface area (Å²) in [7, 11) is 0. The van der Waals surface area contributed by atoms with Crippen LogP contribution >= 0.6 is 11.3 Å². The molecule has 4 aromatic rings. The van der Waals surface area contributed by atoms with Crippen molar-refractivity contribution in [3.8, 4) is 11.4 Å². The summed E-state index contributed by atoms with van der Waals surface area (Å²) in [5.74, 6) is 1.64. The van der Waals surface area contributed by atoms with E-state index in [4.69, 9.17) is 4.98 Å². The zero-order valence-electron chi connectivity index (χ0n) is 13.5. The lowest BCUT2D eigenvalue weighted by atomic mass is 10.1. The highest BCUT2D eigenvalue weighted by Gasteiger charge is 2.17. The second-order valence-electron chi connectivity index (χ2n) is 6.27. The van der Waals surface area contributed by atoms with Crippen LogP contribution in [-0.4, -0.2) is 44.7 Å². The largest absolute Gasteiger partial charge is 0.366 e. The molecule has 1 fully saturated rings. The maximum absolute atomic E-state index is 4.94. The Morgan fingerprint density at radius 3 is 2.88 bits per heavy atom. The lowest BCUT2D eigenvalue weighted by molar-refractivity contribution is 0.478. The number of aromatic amines is 1. The second-order valence-corrected chi connectivity index (χ2v) is 7.19. The van der Waals surface area contributed by atoms with E-state index < -0.39 is 0 Å². The van der Waals surface area contributed by atoms with Crippen LogP contribution in [0.1, 0.15) is 12.8 Å². The van der Waals surface area contributed by atoms with E-state index in [1.54, 1.807) is 11.3 Å². The third-order valence-electron chi connectivity index (χ3n) is 4.70. The van der Waals surface area contributed by atoms with E-state index in [1.807, 2.05) is 12.1 Å². The average molecular weight is 351 g/mol. The molecule has 0 saturated carbocycles. The van der Waals surface area contributed by atoms with Crippen LogP contribution in [0.25, 0.3) is 32.4 Å². The molecule has 0 spiro atoms. The molecule has 1 saturated heterocycles. The van der Waals surface area contributed by atoms with Gasteiger partial charge in [0.05, 0.1) is 10.2 Å². The zero-order valence-corrected chi connectivity index (χ0v) is 14.3. The highest BCUT2D eigenvalue weighted by atomic mass is 32.1. The van der Waals surface area contributed by atoms with Gasteiger partial charge in [-0.25, -0.2) is 10.1 Å². The lowest BCUT2D eigenvalue weighted by Crippen LogP contribution is -2.35. The van der Waals surface area contributed by atoms with Crippen molar-refractivity contribution in [2.75, 3.05) is 18.4 Å². The Bertz CT molecular complexity index is 1020. The Morgan fingerprint density at radius 1 is 1.12 bits per heavy atom. The van der Waals surface area contributed by atoms with Gasteiger partial charge in [-0.15, -0.1) is 16.4 Å². The van der Waals surface area contributed by atoms with Gasteiger partial charge in [-0.05, 0) is 53.9 Å². The van der Waals surface area contributed by atoms with E-state index in [-0.39, 0.29) is 0 Å². The number of fused-ring (bicyclic) bond motifs is 3. The summed E-state index contributed by atoms with van der Waals surface area (Å²) in [6.07, 6.45) is 2.24. The number of rotatable bonds is 3. The molecule has 3 aromatic heterocycles. The maximum Gasteiger partial charge on any atom is 0.179 e. The molecule has 25 heavy (non-hydrogen) atoms. The molecular weight excluding hydrogens is 334 g/mol. The van der Waals surface area contributed by atoms with Gasteiger partial charge in [-0.3, -0.25) is 0 Å². The molecule has 0 amide bonds. The number of anilines is 1. The van der Waals surface area contributed by atoms with E-state index in [9.17, 15) is 0 Å². The van der Waals surface area contributed by atoms with Crippen molar-refractivity contribution in [3.05, 3.63) is 29.6 Å². The van der Waals surface area contributed by atoms with Crippen LogP contribution in [0.2, 0.25) is 0 Å². The first-order valence-corrected chi connectivity index (χ1v) is 9.29. The molecule has 7 nitrogen and oxygen atoms in total. The molecule has 126 valence electrons. The van der Waals surface area contributed by atoms with E-state index >= 15 is 0 Å². The topological polar surface area (TPSA) is 91.4 Å². The van der Waals surface area contributed by atoms with Crippen LogP contribution in [0.4, 0.5) is 5.82 Å². The van der Waals surface area contributed by atoms with Crippen molar-refractivity contribution < 1.29 is 0 Å². The first-order valence-electron chi connectivity index (χ1n) is 8.41. The van der Waals surface area contributed by atoms with Crippen LogP contribution in [0.15, 0.2) is 29.6 Å². The first kappa shape index (κ1) is 14.7. The van der Waals surface area contributed by atoms with E-state index in [2.05, 4.69) is 48.8 Å². The maximum atomic E-state index is 4.94. The summed E-state index contributed by atoms with van der Waals surface area (Å²) in [6, 6.07) is 8.82. The fourth-order valence-electron chi connectivity index (χ4n) is 3.41. The number of H-pyrrole nitrogens is 1. The Morgan fingerprint density at radius 2 is 2.04 bits per heavy atom. The predicted octanol–water partition coefficient (Wildman–Crippen LogP) is 2.79. The molecule has 0 bridgehead atoms. The van der Waals surface area contributed by atoms with Gasteiger partial charge in [-0.2, -0.15) is 0 Å². The Balaban J connectivity index is 1.63. The number of piperidine rings is 1. The van der Waals surface area contributed by atoms with Crippen LogP contribution in [0.5, 0.6) is 0 Å². The monoisotopic (exact) mass is 351 g/mol. The summed E-state index contributed by atoms with van der Waals surface area (Å²) in [5.41, 5.74) is 1.89. The van der Waals surface area contributed by atoms with Crippen molar-refractivity contribution in [3.63, 3.8) is 0 Å². The minimum atomic E-state index is 0.471. The van der Waals surface area contributed by atoms with E-state index in [0.29, 0.717) is 11.9 Å². The van der Waals surface area contributed by atoms with Crippen LogP contribution < -0.4 is 10.6 Å². The quantitative estimate of drug-likeness (QED) is 0.526. The highest BCUT2D eigenvalue weighted by molar-refractivity contribution is 7.18. The standard InChI is InChI=1S/C17H17N7S/c1-2-12-13-5-8-25-15(13)17(19-11-3-6-18-7-4-11)20-14(12)9-10(1)16-21-23-24-22-16/h1-2,5,8-9,11,18H,3-4,6-7H2,(H,19,20)(H,21,22,23,24). The molecule has 4 heterocycles. The minimum absolute atomic E-state index is 0.471. The van der Waals surface area contributed by atoms with Crippen LogP contribution in [0, 0.1) is 0 Å². The summed E-state index contributed by atoms with van der Waals surface area (Å²) < 4.78 is 1.22. The fraction of sp³-hybridized carbons (Fsp3) is 0.294. The number of aromatic nitrogens is 5. The SMILES string of the molecule is c1cc2c(s1)c(NC1CCNCC1)nc1cc(-c3nnn[nH]3)ccc12. The molecule has 0 radical (unpaired) electrons. The Labute approximate surface area is 147 Å². The van der Waals surface area contributed by atoms with Gasteiger partial charge in [0, 0.05) is 22.4 Å². The molecule has 3 N–H and O–H groups in total. The van der Waals surface area contributed by atoms with Gasteiger partial charge in [-0.1, -0.05) is 12.1 Å². The van der Waals surface area contributed by atoms with E-state index in [1.165, 1.54) is 10.1 Å². The summed E-state index contributed by atoms with van der Waals surface area (Å²) in [4.78, 5) is 4.94. The summed E-state index contributed by atoms with van der Waals surface area (Å²) in [6.45, 7) is 2.11. The molecule has 0 aliphatic carbocycles. The number of thiophene rings is 1. The number of nitrogens with zero attached hydrogens (tertiary/aromatic N) is 4. The average Bonchev–Trinajstić information content (AvgIpc) is 3.34. The first-order chi connectivity index (χ1) is 12.4. The number of pyridine rings is 1. The zero-order chi connectivity index (χ0) is 16.6. The number of benzene rings is 1. The van der Waals surface area contributed by atoms with Crippen molar-refractivity contribution >= 4 is 38.1 Å². The molecular formula is C17H17N7S. The third-order valence-corrected chi connectivity index (χ3v) is 5.62. The van der Waals surface area contributed by atoms with Gasteiger partial charge in [0.2, 0.25) is 0 Å². The number of tetrazole rings is 1. The third kappa shape index (κ3) is 2.63. The van der Waals surface area contributed by atoms with Crippen LogP contribution in [-0.2, 0) is 0 Å². The summed E-state index contributed by atoms with van der Waals surface area (Å²) in [5, 5.41) is 25.7. The molecule has 1 aromatic carbocycles. The highest BCUT2D eigenvalue weighted by Crippen LogP contribution is 2.35. The molecule has 8 heteroatoms. The lowest BCUT2D eigenvalue weighted by Gasteiger charge is -2.24. The summed E-state index contributed by atoms with van der Waals surface area (Å²) >= 11 is 1.74. The van der Waals surface area contributed by atoms with Crippen molar-refractivity contribution in [1.29, 1.82) is 0 Å². The second kappa shape index (κ2) is 6.05. The fourth-order valence-corrected chi connectivity index (χ4v) is 4.28. The normalized spacial score (nSPS) is 15.8. The molecule has 0 unspecified atom stereocenters. The molecule has 1 aliphatic rings.